The van der Waals surface area contributed by atoms with Gasteiger partial charge >= 0.3 is 0 Å². The Morgan fingerprint density at radius 1 is 1.50 bits per heavy atom. The van der Waals surface area contributed by atoms with E-state index in [1.807, 2.05) is 6.92 Å². The van der Waals surface area contributed by atoms with Gasteiger partial charge in [0.15, 0.2) is 11.0 Å². The van der Waals surface area contributed by atoms with Gasteiger partial charge < -0.3 is 10.4 Å². The maximum Gasteiger partial charge on any atom is 0.171 e. The number of anilines is 1. The lowest BCUT2D eigenvalue weighted by Crippen LogP contribution is -2.13. The van der Waals surface area contributed by atoms with Crippen molar-refractivity contribution in [1.29, 1.82) is 0 Å². The van der Waals surface area contributed by atoms with Crippen LogP contribution in [-0.2, 0) is 0 Å². The number of nitrogens with zero attached hydrogens (tertiary/aromatic N) is 2. The van der Waals surface area contributed by atoms with E-state index in [-0.39, 0.29) is 6.10 Å². The highest BCUT2D eigenvalue weighted by Crippen LogP contribution is 2.13. The van der Waals surface area contributed by atoms with E-state index in [1.54, 1.807) is 6.20 Å². The van der Waals surface area contributed by atoms with Crippen LogP contribution in [0, 0.1) is 0 Å². The Balaban J connectivity index is 2.35. The van der Waals surface area contributed by atoms with Crippen molar-refractivity contribution in [2.45, 2.75) is 25.9 Å². The Bertz CT molecular complexity index is 283. The zero-order chi connectivity index (χ0) is 10.4. The molecule has 1 rings (SSSR count). The Hall–Kier alpha value is -0.870. The highest BCUT2D eigenvalue weighted by molar-refractivity contribution is 6.31. The van der Waals surface area contributed by atoms with E-state index >= 15 is 0 Å². The topological polar surface area (TPSA) is 58.0 Å². The van der Waals surface area contributed by atoms with E-state index in [9.17, 15) is 5.11 Å². The highest BCUT2D eigenvalue weighted by atomic mass is 35.5. The minimum Gasteiger partial charge on any atom is -0.393 e. The van der Waals surface area contributed by atoms with E-state index in [4.69, 9.17) is 11.6 Å². The normalized spacial score (nSPS) is 12.5. The molecule has 0 radical (unpaired) electrons. The molecular weight excluding hydrogens is 202 g/mol. The van der Waals surface area contributed by atoms with E-state index < -0.39 is 0 Å². The first-order valence-corrected chi connectivity index (χ1v) is 5.00. The molecule has 0 spiro atoms. The maximum absolute atomic E-state index is 9.30. The second-order valence-corrected chi connectivity index (χ2v) is 3.33. The van der Waals surface area contributed by atoms with Crippen LogP contribution in [0.15, 0.2) is 12.4 Å². The molecule has 0 saturated carbocycles. The van der Waals surface area contributed by atoms with Crippen LogP contribution in [0.4, 0.5) is 5.82 Å². The number of aliphatic hydroxyl groups is 1. The van der Waals surface area contributed by atoms with Crippen molar-refractivity contribution in [1.82, 2.24) is 9.97 Å². The van der Waals surface area contributed by atoms with Crippen molar-refractivity contribution < 1.29 is 5.11 Å². The summed E-state index contributed by atoms with van der Waals surface area (Å²) in [6, 6.07) is 0. The first-order chi connectivity index (χ1) is 6.74. The number of hydrogen-bond donors (Lipinski definition) is 2. The monoisotopic (exact) mass is 215 g/mol. The molecule has 0 bridgehead atoms. The zero-order valence-corrected chi connectivity index (χ0v) is 8.83. The van der Waals surface area contributed by atoms with Crippen LogP contribution in [0.2, 0.25) is 5.15 Å². The maximum atomic E-state index is 9.30. The lowest BCUT2D eigenvalue weighted by Gasteiger charge is -2.09. The molecule has 1 atom stereocenters. The molecule has 0 aliphatic rings. The summed E-state index contributed by atoms with van der Waals surface area (Å²) in [5.41, 5.74) is 0. The second kappa shape index (κ2) is 5.78. The average molecular weight is 216 g/mol. The van der Waals surface area contributed by atoms with Gasteiger partial charge in [0.1, 0.15) is 0 Å². The molecule has 1 unspecified atom stereocenters. The van der Waals surface area contributed by atoms with E-state index in [0.717, 1.165) is 6.42 Å². The highest BCUT2D eigenvalue weighted by Gasteiger charge is 2.03. The number of rotatable bonds is 5. The fourth-order valence-corrected chi connectivity index (χ4v) is 1.17. The fourth-order valence-electron chi connectivity index (χ4n) is 1.00. The standard InChI is InChI=1S/C9H14ClN3O/c1-2-7(14)3-4-12-9-8(10)11-5-6-13-9/h5-7,14H,2-4H2,1H3,(H,12,13). The molecule has 5 heteroatoms. The molecule has 1 aromatic rings. The zero-order valence-electron chi connectivity index (χ0n) is 8.07. The molecule has 78 valence electrons. The molecule has 0 aliphatic heterocycles. The van der Waals surface area contributed by atoms with Gasteiger partial charge in [0, 0.05) is 18.9 Å². The average Bonchev–Trinajstić information content (AvgIpc) is 2.20. The smallest absolute Gasteiger partial charge is 0.171 e. The third kappa shape index (κ3) is 3.47. The van der Waals surface area contributed by atoms with Gasteiger partial charge in [0.2, 0.25) is 0 Å². The van der Waals surface area contributed by atoms with Gasteiger partial charge in [-0.25, -0.2) is 9.97 Å². The number of halogens is 1. The van der Waals surface area contributed by atoms with Crippen LogP contribution >= 0.6 is 11.6 Å². The predicted octanol–water partition coefficient (Wildman–Crippen LogP) is 1.70. The summed E-state index contributed by atoms with van der Waals surface area (Å²) in [6.45, 7) is 2.59. The molecule has 1 heterocycles. The summed E-state index contributed by atoms with van der Waals surface area (Å²) in [4.78, 5) is 7.89. The summed E-state index contributed by atoms with van der Waals surface area (Å²) >= 11 is 5.77. The number of nitrogens with one attached hydrogen (secondary N) is 1. The lowest BCUT2D eigenvalue weighted by atomic mass is 10.2. The summed E-state index contributed by atoms with van der Waals surface area (Å²) in [5, 5.41) is 12.7. The number of hydrogen-bond acceptors (Lipinski definition) is 4. The molecule has 0 fully saturated rings. The molecule has 1 aromatic heterocycles. The molecule has 0 aromatic carbocycles. The van der Waals surface area contributed by atoms with Crippen molar-refractivity contribution in [3.63, 3.8) is 0 Å². The quantitative estimate of drug-likeness (QED) is 0.785. The van der Waals surface area contributed by atoms with Gasteiger partial charge in [-0.1, -0.05) is 18.5 Å². The Labute approximate surface area is 88.3 Å². The predicted molar refractivity (Wildman–Crippen MR) is 56.4 cm³/mol. The molecule has 0 aliphatic carbocycles. The van der Waals surface area contributed by atoms with E-state index in [2.05, 4.69) is 15.3 Å². The minimum atomic E-state index is -0.266. The fraction of sp³-hybridized carbons (Fsp3) is 0.556. The van der Waals surface area contributed by atoms with Gasteiger partial charge in [-0.15, -0.1) is 0 Å². The largest absolute Gasteiger partial charge is 0.393 e. The summed E-state index contributed by atoms with van der Waals surface area (Å²) in [5.74, 6) is 0.567. The lowest BCUT2D eigenvalue weighted by molar-refractivity contribution is 0.164. The van der Waals surface area contributed by atoms with Crippen molar-refractivity contribution in [2.75, 3.05) is 11.9 Å². The SMILES string of the molecule is CCC(O)CCNc1nccnc1Cl. The molecule has 4 nitrogen and oxygen atoms in total. The Morgan fingerprint density at radius 3 is 2.86 bits per heavy atom. The van der Waals surface area contributed by atoms with E-state index in [1.165, 1.54) is 6.20 Å². The van der Waals surface area contributed by atoms with Gasteiger partial charge in [0.25, 0.3) is 0 Å². The first-order valence-electron chi connectivity index (χ1n) is 4.62. The minimum absolute atomic E-state index is 0.266. The van der Waals surface area contributed by atoms with Crippen LogP contribution in [0.3, 0.4) is 0 Å². The van der Waals surface area contributed by atoms with Crippen LogP contribution in [0.5, 0.6) is 0 Å². The molecule has 14 heavy (non-hydrogen) atoms. The Kier molecular flexibility index (Phi) is 4.62. The molecule has 0 amide bonds. The van der Waals surface area contributed by atoms with E-state index in [0.29, 0.717) is 23.9 Å². The third-order valence-corrected chi connectivity index (χ3v) is 2.17. The van der Waals surface area contributed by atoms with Crippen molar-refractivity contribution in [3.8, 4) is 0 Å². The number of aromatic nitrogens is 2. The van der Waals surface area contributed by atoms with Gasteiger partial charge in [-0.3, -0.25) is 0 Å². The molecule has 2 N–H and O–H groups in total. The summed E-state index contributed by atoms with van der Waals surface area (Å²) in [6.07, 6.45) is 4.29. The van der Waals surface area contributed by atoms with Crippen LogP contribution in [-0.4, -0.2) is 27.7 Å². The van der Waals surface area contributed by atoms with Crippen molar-refractivity contribution in [3.05, 3.63) is 17.5 Å². The van der Waals surface area contributed by atoms with Crippen LogP contribution < -0.4 is 5.32 Å². The van der Waals surface area contributed by atoms with Gasteiger partial charge in [-0.2, -0.15) is 0 Å². The summed E-state index contributed by atoms with van der Waals surface area (Å²) in [7, 11) is 0. The van der Waals surface area contributed by atoms with Crippen LogP contribution in [0.1, 0.15) is 19.8 Å². The third-order valence-electron chi connectivity index (χ3n) is 1.89. The van der Waals surface area contributed by atoms with Crippen molar-refractivity contribution in [2.24, 2.45) is 0 Å². The summed E-state index contributed by atoms with van der Waals surface area (Å²) < 4.78 is 0. The molecular formula is C9H14ClN3O. The Morgan fingerprint density at radius 2 is 2.21 bits per heavy atom. The first kappa shape index (κ1) is 11.2. The van der Waals surface area contributed by atoms with Gasteiger partial charge in [-0.05, 0) is 12.8 Å². The molecule has 0 saturated heterocycles. The van der Waals surface area contributed by atoms with Crippen LogP contribution in [0.25, 0.3) is 0 Å². The van der Waals surface area contributed by atoms with Crippen molar-refractivity contribution >= 4 is 17.4 Å². The second-order valence-electron chi connectivity index (χ2n) is 2.97. The van der Waals surface area contributed by atoms with Gasteiger partial charge in [0.05, 0.1) is 6.10 Å². The number of aliphatic hydroxyl groups excluding tert-OH is 1.